The molecule has 0 bridgehead atoms. The first kappa shape index (κ1) is 39.0. The van der Waals surface area contributed by atoms with Crippen LogP contribution in [-0.4, -0.2) is 57.1 Å². The minimum atomic E-state index is -0.647. The first-order chi connectivity index (χ1) is 27.3. The van der Waals surface area contributed by atoms with Crippen LogP contribution in [0.4, 0.5) is 17.1 Å². The molecule has 0 aliphatic carbocycles. The standard InChI is InChI=1S/C44H52N6O6/c45-36-12-5-6-13-37(36)47-42(53)17-4-2-1-3-16-41(52)46-33-11-9-10-32(26-33)43-55-35(27-40(56-43)31-20-18-30(29-51)19-21-31)28-49-24-22-34(23-25-49)50-39-15-8-7-14-38(39)48-44(50)54/h5-15,18-21,26,34-35,40,43,51H,1-4,16-17,22-25,27-29,45H2,(H,46,52)(H,47,53)(H,48,54). The van der Waals surface area contributed by atoms with Crippen molar-refractivity contribution in [3.8, 4) is 0 Å². The van der Waals surface area contributed by atoms with E-state index in [9.17, 15) is 19.5 Å². The van der Waals surface area contributed by atoms with E-state index in [-0.39, 0.29) is 42.4 Å². The van der Waals surface area contributed by atoms with Gasteiger partial charge in [0.2, 0.25) is 11.8 Å². The summed E-state index contributed by atoms with van der Waals surface area (Å²) in [5.41, 5.74) is 12.2. The fraction of sp³-hybridized carbons (Fsp3) is 0.386. The van der Waals surface area contributed by atoms with Crippen LogP contribution in [0.5, 0.6) is 0 Å². The number of rotatable bonds is 15. The summed E-state index contributed by atoms with van der Waals surface area (Å²) in [7, 11) is 0. The molecule has 3 heterocycles. The monoisotopic (exact) mass is 760 g/mol. The van der Waals surface area contributed by atoms with Gasteiger partial charge in [-0.05, 0) is 73.2 Å². The summed E-state index contributed by atoms with van der Waals surface area (Å²) in [6.07, 6.45) is 5.35. The maximum Gasteiger partial charge on any atom is 0.326 e. The average molecular weight is 761 g/mol. The molecule has 6 N–H and O–H groups in total. The number of aromatic amines is 1. The molecule has 2 saturated heterocycles. The zero-order valence-electron chi connectivity index (χ0n) is 31.7. The number of piperidine rings is 1. The Labute approximate surface area is 327 Å². The molecule has 3 unspecified atom stereocenters. The highest BCUT2D eigenvalue weighted by Crippen LogP contribution is 2.39. The van der Waals surface area contributed by atoms with Gasteiger partial charge in [-0.25, -0.2) is 4.79 Å². The molecule has 2 aliphatic heterocycles. The number of nitrogens with zero attached hydrogens (tertiary/aromatic N) is 2. The number of aliphatic hydroxyl groups is 1. The van der Waals surface area contributed by atoms with Crippen LogP contribution >= 0.6 is 0 Å². The van der Waals surface area contributed by atoms with Gasteiger partial charge in [0.1, 0.15) is 0 Å². The summed E-state index contributed by atoms with van der Waals surface area (Å²) in [6.45, 7) is 2.39. The van der Waals surface area contributed by atoms with Crippen LogP contribution in [0.25, 0.3) is 11.0 Å². The fourth-order valence-electron chi connectivity index (χ4n) is 7.85. The van der Waals surface area contributed by atoms with Crippen molar-refractivity contribution in [2.24, 2.45) is 0 Å². The molecule has 0 saturated carbocycles. The molecule has 0 radical (unpaired) electrons. The summed E-state index contributed by atoms with van der Waals surface area (Å²) in [4.78, 5) is 43.5. The molecule has 1 aromatic heterocycles. The smallest absolute Gasteiger partial charge is 0.326 e. The van der Waals surface area contributed by atoms with Crippen molar-refractivity contribution in [1.29, 1.82) is 0 Å². The van der Waals surface area contributed by atoms with Crippen molar-refractivity contribution in [3.63, 3.8) is 0 Å². The van der Waals surface area contributed by atoms with Crippen LogP contribution in [-0.2, 0) is 25.7 Å². The lowest BCUT2D eigenvalue weighted by atomic mass is 9.98. The van der Waals surface area contributed by atoms with Gasteiger partial charge in [0, 0.05) is 56.2 Å². The van der Waals surface area contributed by atoms with E-state index in [1.807, 2.05) is 89.5 Å². The quantitative estimate of drug-likeness (QED) is 0.0553. The van der Waals surface area contributed by atoms with Crippen molar-refractivity contribution >= 4 is 39.9 Å². The fourth-order valence-corrected chi connectivity index (χ4v) is 7.85. The van der Waals surface area contributed by atoms with Gasteiger partial charge in [-0.3, -0.25) is 14.2 Å². The van der Waals surface area contributed by atoms with Crippen LogP contribution < -0.4 is 22.1 Å². The second-order valence-electron chi connectivity index (χ2n) is 14.9. The lowest BCUT2D eigenvalue weighted by Gasteiger charge is -2.40. The zero-order chi connectivity index (χ0) is 38.9. The molecule has 12 nitrogen and oxygen atoms in total. The van der Waals surface area contributed by atoms with E-state index in [1.54, 1.807) is 12.1 Å². The number of imidazole rings is 1. The number of carbonyl (C=O) groups is 2. The Balaban J connectivity index is 0.923. The molecule has 2 amide bonds. The number of aliphatic hydroxyl groups excluding tert-OH is 1. The van der Waals surface area contributed by atoms with Crippen molar-refractivity contribution in [1.82, 2.24) is 14.5 Å². The minimum absolute atomic E-state index is 0.0243. The third kappa shape index (κ3) is 9.93. The molecular formula is C44H52N6O6. The molecule has 3 atom stereocenters. The average Bonchev–Trinajstić information content (AvgIpc) is 3.56. The number of hydrogen-bond acceptors (Lipinski definition) is 8. The maximum absolute atomic E-state index is 12.9. The number of anilines is 3. The van der Waals surface area contributed by atoms with Gasteiger partial charge in [0.15, 0.2) is 6.29 Å². The van der Waals surface area contributed by atoms with Gasteiger partial charge in [-0.2, -0.15) is 0 Å². The number of unbranched alkanes of at least 4 members (excludes halogenated alkanes) is 3. The summed E-state index contributed by atoms with van der Waals surface area (Å²) < 4.78 is 15.2. The maximum atomic E-state index is 12.9. The number of nitrogen functional groups attached to an aromatic ring is 1. The number of H-pyrrole nitrogens is 1. The number of aromatic nitrogens is 2. The number of hydrogen-bond donors (Lipinski definition) is 5. The molecule has 2 aliphatic rings. The number of fused-ring (bicyclic) bond motifs is 1. The lowest BCUT2D eigenvalue weighted by Crippen LogP contribution is -2.43. The second kappa shape index (κ2) is 18.6. The number of amides is 2. The molecule has 56 heavy (non-hydrogen) atoms. The number of nitrogens with two attached hydrogens (primary N) is 1. The lowest BCUT2D eigenvalue weighted by molar-refractivity contribution is -0.253. The highest BCUT2D eigenvalue weighted by Gasteiger charge is 2.34. The molecule has 5 aromatic rings. The van der Waals surface area contributed by atoms with Gasteiger partial charge >= 0.3 is 5.69 Å². The van der Waals surface area contributed by atoms with Gasteiger partial charge in [0.25, 0.3) is 0 Å². The number of likely N-dealkylation sites (tertiary alicyclic amines) is 1. The number of nitrogens with one attached hydrogen (secondary N) is 3. The van der Waals surface area contributed by atoms with E-state index in [0.717, 1.165) is 85.9 Å². The third-order valence-corrected chi connectivity index (χ3v) is 10.9. The number of ether oxygens (including phenoxy) is 2. The Morgan fingerprint density at radius 1 is 0.804 bits per heavy atom. The zero-order valence-corrected chi connectivity index (χ0v) is 31.7. The van der Waals surface area contributed by atoms with Crippen LogP contribution in [0.1, 0.15) is 92.9 Å². The Morgan fingerprint density at radius 2 is 1.52 bits per heavy atom. The van der Waals surface area contributed by atoms with Crippen molar-refractivity contribution in [3.05, 3.63) is 124 Å². The first-order valence-electron chi connectivity index (χ1n) is 19.8. The van der Waals surface area contributed by atoms with Crippen LogP contribution in [0, 0.1) is 0 Å². The van der Waals surface area contributed by atoms with Gasteiger partial charge in [0.05, 0.1) is 41.2 Å². The number of benzene rings is 4. The second-order valence-corrected chi connectivity index (χ2v) is 14.9. The Kier molecular flexibility index (Phi) is 12.9. The van der Waals surface area contributed by atoms with Crippen LogP contribution in [0.15, 0.2) is 102 Å². The summed E-state index contributed by atoms with van der Waals surface area (Å²) >= 11 is 0. The molecule has 12 heteroatoms. The molecule has 294 valence electrons. The van der Waals surface area contributed by atoms with Crippen molar-refractivity contribution in [2.75, 3.05) is 36.0 Å². The molecular weight excluding hydrogens is 709 g/mol. The normalized spacial score (nSPS) is 19.2. The minimum Gasteiger partial charge on any atom is -0.397 e. The number of carbonyl (C=O) groups excluding carboxylic acids is 2. The highest BCUT2D eigenvalue weighted by molar-refractivity contribution is 5.93. The summed E-state index contributed by atoms with van der Waals surface area (Å²) in [5, 5.41) is 15.5. The van der Waals surface area contributed by atoms with Gasteiger partial charge in [-0.1, -0.05) is 73.5 Å². The topological polar surface area (TPSA) is 164 Å². The molecule has 2 fully saturated rings. The summed E-state index contributed by atoms with van der Waals surface area (Å²) in [5.74, 6) is -0.132. The molecule has 0 spiro atoms. The van der Waals surface area contributed by atoms with Crippen LogP contribution in [0.2, 0.25) is 0 Å². The van der Waals surface area contributed by atoms with Crippen LogP contribution in [0.3, 0.4) is 0 Å². The first-order valence-corrected chi connectivity index (χ1v) is 19.8. The molecule has 4 aromatic carbocycles. The SMILES string of the molecule is Nc1ccccc1NC(=O)CCCCCCC(=O)Nc1cccc(C2OC(CN3CCC(n4c(=O)[nH]c5ccccc54)CC3)CC(c3ccc(CO)cc3)O2)c1. The van der Waals surface area contributed by atoms with Crippen molar-refractivity contribution in [2.45, 2.75) is 88.9 Å². The summed E-state index contributed by atoms with van der Waals surface area (Å²) in [6, 6.07) is 30.7. The van der Waals surface area contributed by atoms with E-state index in [0.29, 0.717) is 36.3 Å². The van der Waals surface area contributed by atoms with E-state index < -0.39 is 6.29 Å². The van der Waals surface area contributed by atoms with Crippen molar-refractivity contribution < 1.29 is 24.2 Å². The van der Waals surface area contributed by atoms with E-state index in [2.05, 4.69) is 20.5 Å². The Bertz CT molecular complexity index is 2140. The van der Waals surface area contributed by atoms with E-state index >= 15 is 0 Å². The third-order valence-electron chi connectivity index (χ3n) is 10.9. The molecule has 7 rings (SSSR count). The van der Waals surface area contributed by atoms with Gasteiger partial charge < -0.3 is 40.8 Å². The van der Waals surface area contributed by atoms with E-state index in [1.165, 1.54) is 0 Å². The Morgan fingerprint density at radius 3 is 2.27 bits per heavy atom. The highest BCUT2D eigenvalue weighted by atomic mass is 16.7. The Hall–Kier alpha value is -5.27. The number of para-hydroxylation sites is 4. The van der Waals surface area contributed by atoms with Gasteiger partial charge in [-0.15, -0.1) is 0 Å². The predicted molar refractivity (Wildman–Crippen MR) is 218 cm³/mol. The predicted octanol–water partition coefficient (Wildman–Crippen LogP) is 7.20. The van der Waals surface area contributed by atoms with E-state index in [4.69, 9.17) is 15.2 Å². The largest absolute Gasteiger partial charge is 0.397 e.